The number of rotatable bonds is 4. The van der Waals surface area contributed by atoms with Gasteiger partial charge in [0.15, 0.2) is 0 Å². The zero-order valence-corrected chi connectivity index (χ0v) is 10.9. The van der Waals surface area contributed by atoms with Crippen LogP contribution in [-0.4, -0.2) is 0 Å². The molecule has 86 valence electrons. The SMILES string of the molecule is C=C[C@@H](Oc1ccc(Br)cc1)c1ccccc1. The fraction of sp³-hybridized carbons (Fsp3) is 0.0667. The van der Waals surface area contributed by atoms with E-state index in [4.69, 9.17) is 4.74 Å². The molecule has 0 bridgehead atoms. The lowest BCUT2D eigenvalue weighted by Crippen LogP contribution is -2.03. The third-order valence-corrected chi connectivity index (χ3v) is 2.95. The van der Waals surface area contributed by atoms with E-state index in [-0.39, 0.29) is 6.10 Å². The first-order valence-electron chi connectivity index (χ1n) is 5.39. The van der Waals surface area contributed by atoms with Gasteiger partial charge < -0.3 is 4.74 Å². The molecule has 2 heteroatoms. The first kappa shape index (κ1) is 11.9. The largest absolute Gasteiger partial charge is 0.482 e. The van der Waals surface area contributed by atoms with Gasteiger partial charge in [0, 0.05) is 4.47 Å². The van der Waals surface area contributed by atoms with Gasteiger partial charge in [0.2, 0.25) is 0 Å². The highest BCUT2D eigenvalue weighted by Crippen LogP contribution is 2.24. The van der Waals surface area contributed by atoms with E-state index in [1.807, 2.05) is 54.6 Å². The molecule has 2 aromatic rings. The predicted octanol–water partition coefficient (Wildman–Crippen LogP) is 4.76. The monoisotopic (exact) mass is 288 g/mol. The Morgan fingerprint density at radius 3 is 2.24 bits per heavy atom. The highest BCUT2D eigenvalue weighted by atomic mass is 79.9. The fourth-order valence-electron chi connectivity index (χ4n) is 1.55. The van der Waals surface area contributed by atoms with Crippen LogP contribution >= 0.6 is 15.9 Å². The van der Waals surface area contributed by atoms with E-state index in [0.29, 0.717) is 0 Å². The summed E-state index contributed by atoms with van der Waals surface area (Å²) in [6.45, 7) is 3.82. The molecule has 1 atom stereocenters. The maximum Gasteiger partial charge on any atom is 0.142 e. The van der Waals surface area contributed by atoms with E-state index < -0.39 is 0 Å². The Balaban J connectivity index is 2.16. The minimum absolute atomic E-state index is 0.114. The average Bonchev–Trinajstić information content (AvgIpc) is 2.39. The van der Waals surface area contributed by atoms with Crippen LogP contribution in [-0.2, 0) is 0 Å². The van der Waals surface area contributed by atoms with E-state index in [1.165, 1.54) is 0 Å². The third-order valence-electron chi connectivity index (χ3n) is 2.42. The highest BCUT2D eigenvalue weighted by Gasteiger charge is 2.08. The molecule has 0 spiro atoms. The van der Waals surface area contributed by atoms with Gasteiger partial charge in [-0.25, -0.2) is 0 Å². The van der Waals surface area contributed by atoms with E-state index in [0.717, 1.165) is 15.8 Å². The van der Waals surface area contributed by atoms with Crippen molar-refractivity contribution in [2.75, 3.05) is 0 Å². The van der Waals surface area contributed by atoms with Crippen LogP contribution in [0.5, 0.6) is 5.75 Å². The number of hydrogen-bond acceptors (Lipinski definition) is 1. The highest BCUT2D eigenvalue weighted by molar-refractivity contribution is 9.10. The van der Waals surface area contributed by atoms with Gasteiger partial charge in [-0.2, -0.15) is 0 Å². The zero-order valence-electron chi connectivity index (χ0n) is 9.34. The summed E-state index contributed by atoms with van der Waals surface area (Å²) in [5.41, 5.74) is 1.10. The van der Waals surface area contributed by atoms with E-state index in [2.05, 4.69) is 22.5 Å². The minimum atomic E-state index is -0.114. The van der Waals surface area contributed by atoms with Crippen molar-refractivity contribution in [1.82, 2.24) is 0 Å². The number of ether oxygens (including phenoxy) is 1. The molecule has 0 heterocycles. The van der Waals surface area contributed by atoms with Crippen molar-refractivity contribution in [3.05, 3.63) is 77.3 Å². The molecule has 0 unspecified atom stereocenters. The Kier molecular flexibility index (Phi) is 3.99. The van der Waals surface area contributed by atoms with Crippen molar-refractivity contribution >= 4 is 15.9 Å². The summed E-state index contributed by atoms with van der Waals surface area (Å²) in [6, 6.07) is 17.8. The van der Waals surface area contributed by atoms with Crippen molar-refractivity contribution in [1.29, 1.82) is 0 Å². The lowest BCUT2D eigenvalue weighted by molar-refractivity contribution is 0.256. The first-order chi connectivity index (χ1) is 8.29. The van der Waals surface area contributed by atoms with Gasteiger partial charge in [0.1, 0.15) is 11.9 Å². The van der Waals surface area contributed by atoms with Crippen molar-refractivity contribution < 1.29 is 4.74 Å². The summed E-state index contributed by atoms with van der Waals surface area (Å²) in [5.74, 6) is 0.835. The molecule has 0 radical (unpaired) electrons. The maximum atomic E-state index is 5.87. The van der Waals surface area contributed by atoms with Gasteiger partial charge in [-0.15, -0.1) is 0 Å². The van der Waals surface area contributed by atoms with E-state index in [1.54, 1.807) is 6.08 Å². The average molecular weight is 289 g/mol. The zero-order chi connectivity index (χ0) is 12.1. The second kappa shape index (κ2) is 5.69. The van der Waals surface area contributed by atoms with Crippen LogP contribution in [0, 0.1) is 0 Å². The van der Waals surface area contributed by atoms with Crippen LogP contribution < -0.4 is 4.74 Å². The van der Waals surface area contributed by atoms with E-state index in [9.17, 15) is 0 Å². The molecular weight excluding hydrogens is 276 g/mol. The maximum absolute atomic E-state index is 5.87. The Hall–Kier alpha value is -1.54. The van der Waals surface area contributed by atoms with Gasteiger partial charge in [0.05, 0.1) is 0 Å². The molecule has 17 heavy (non-hydrogen) atoms. The second-order valence-electron chi connectivity index (χ2n) is 3.64. The quantitative estimate of drug-likeness (QED) is 0.738. The topological polar surface area (TPSA) is 9.23 Å². The smallest absolute Gasteiger partial charge is 0.142 e. The molecule has 0 fully saturated rings. The lowest BCUT2D eigenvalue weighted by Gasteiger charge is -2.15. The molecule has 0 saturated heterocycles. The van der Waals surface area contributed by atoms with Crippen LogP contribution in [0.4, 0.5) is 0 Å². The molecule has 0 aliphatic carbocycles. The molecule has 2 aromatic carbocycles. The van der Waals surface area contributed by atoms with Gasteiger partial charge in [0.25, 0.3) is 0 Å². The lowest BCUT2D eigenvalue weighted by atomic mass is 10.1. The van der Waals surface area contributed by atoms with Gasteiger partial charge in [-0.3, -0.25) is 0 Å². The molecule has 0 aliphatic heterocycles. The summed E-state index contributed by atoms with van der Waals surface area (Å²) in [4.78, 5) is 0. The van der Waals surface area contributed by atoms with Gasteiger partial charge >= 0.3 is 0 Å². The van der Waals surface area contributed by atoms with Crippen molar-refractivity contribution in [2.45, 2.75) is 6.10 Å². The number of halogens is 1. The Morgan fingerprint density at radius 2 is 1.65 bits per heavy atom. The first-order valence-corrected chi connectivity index (χ1v) is 6.18. The summed E-state index contributed by atoms with van der Waals surface area (Å²) in [5, 5.41) is 0. The van der Waals surface area contributed by atoms with Crippen molar-refractivity contribution in [3.8, 4) is 5.75 Å². The molecule has 0 N–H and O–H groups in total. The molecule has 0 amide bonds. The molecular formula is C15H13BrO. The van der Waals surface area contributed by atoms with Crippen LogP contribution in [0.1, 0.15) is 11.7 Å². The van der Waals surface area contributed by atoms with Gasteiger partial charge in [-0.05, 0) is 35.9 Å². The summed E-state index contributed by atoms with van der Waals surface area (Å²) < 4.78 is 6.91. The molecule has 0 aromatic heterocycles. The summed E-state index contributed by atoms with van der Waals surface area (Å²) >= 11 is 3.40. The van der Waals surface area contributed by atoms with Crippen LogP contribution in [0.25, 0.3) is 0 Å². The van der Waals surface area contributed by atoms with Crippen molar-refractivity contribution in [3.63, 3.8) is 0 Å². The second-order valence-corrected chi connectivity index (χ2v) is 4.55. The number of benzene rings is 2. The normalized spacial score (nSPS) is 11.8. The Morgan fingerprint density at radius 1 is 1.00 bits per heavy atom. The van der Waals surface area contributed by atoms with Crippen LogP contribution in [0.3, 0.4) is 0 Å². The predicted molar refractivity (Wildman–Crippen MR) is 74.2 cm³/mol. The standard InChI is InChI=1S/C15H13BrO/c1-2-15(12-6-4-3-5-7-12)17-14-10-8-13(16)9-11-14/h2-11,15H,1H2/t15-/m1/s1. The van der Waals surface area contributed by atoms with Crippen molar-refractivity contribution in [2.24, 2.45) is 0 Å². The Labute approximate surface area is 110 Å². The molecule has 1 nitrogen and oxygen atoms in total. The Bertz CT molecular complexity index is 476. The minimum Gasteiger partial charge on any atom is -0.482 e. The summed E-state index contributed by atoms with van der Waals surface area (Å²) in [7, 11) is 0. The van der Waals surface area contributed by atoms with Gasteiger partial charge in [-0.1, -0.05) is 52.8 Å². The molecule has 0 aliphatic rings. The molecule has 2 rings (SSSR count). The number of hydrogen-bond donors (Lipinski definition) is 0. The molecule has 0 saturated carbocycles. The third kappa shape index (κ3) is 3.21. The summed E-state index contributed by atoms with van der Waals surface area (Å²) in [6.07, 6.45) is 1.69. The van der Waals surface area contributed by atoms with Crippen LogP contribution in [0.2, 0.25) is 0 Å². The fourth-order valence-corrected chi connectivity index (χ4v) is 1.82. The van der Waals surface area contributed by atoms with E-state index >= 15 is 0 Å². The van der Waals surface area contributed by atoms with Crippen LogP contribution in [0.15, 0.2) is 71.7 Å².